The SMILES string of the molecule is NC(=O)C1CCCN(CC(=O)c2ccc([N+](=O)[O-])cc2)C1. The van der Waals surface area contributed by atoms with E-state index in [1.807, 2.05) is 4.90 Å². The van der Waals surface area contributed by atoms with Gasteiger partial charge in [0.2, 0.25) is 5.91 Å². The summed E-state index contributed by atoms with van der Waals surface area (Å²) in [5, 5.41) is 10.6. The molecule has 1 atom stereocenters. The van der Waals surface area contributed by atoms with Gasteiger partial charge < -0.3 is 5.73 Å². The largest absolute Gasteiger partial charge is 0.369 e. The molecule has 0 aromatic heterocycles. The molecule has 0 saturated carbocycles. The van der Waals surface area contributed by atoms with Crippen molar-refractivity contribution in [2.24, 2.45) is 11.7 Å². The summed E-state index contributed by atoms with van der Waals surface area (Å²) in [5.41, 5.74) is 5.69. The molecule has 0 bridgehead atoms. The van der Waals surface area contributed by atoms with E-state index < -0.39 is 4.92 Å². The number of Topliss-reactive ketones (excluding diaryl/α,β-unsaturated/α-hetero) is 1. The highest BCUT2D eigenvalue weighted by molar-refractivity contribution is 5.97. The monoisotopic (exact) mass is 291 g/mol. The second kappa shape index (κ2) is 6.45. The van der Waals surface area contributed by atoms with E-state index in [0.717, 1.165) is 19.4 Å². The van der Waals surface area contributed by atoms with Crippen LogP contribution in [0.1, 0.15) is 23.2 Å². The first-order valence-electron chi connectivity index (χ1n) is 6.76. The summed E-state index contributed by atoms with van der Waals surface area (Å²) in [6.07, 6.45) is 1.60. The summed E-state index contributed by atoms with van der Waals surface area (Å²) in [4.78, 5) is 35.3. The van der Waals surface area contributed by atoms with Crippen molar-refractivity contribution in [1.82, 2.24) is 4.90 Å². The Morgan fingerprint density at radius 1 is 1.33 bits per heavy atom. The maximum absolute atomic E-state index is 12.1. The molecule has 7 heteroatoms. The van der Waals surface area contributed by atoms with E-state index in [1.165, 1.54) is 24.3 Å². The van der Waals surface area contributed by atoms with Gasteiger partial charge in [-0.15, -0.1) is 0 Å². The number of nitro benzene ring substituents is 1. The molecular formula is C14H17N3O4. The molecule has 1 heterocycles. The molecule has 0 radical (unpaired) electrons. The maximum Gasteiger partial charge on any atom is 0.269 e. The Labute approximate surface area is 121 Å². The zero-order chi connectivity index (χ0) is 15.4. The first-order chi connectivity index (χ1) is 9.97. The Kier molecular flexibility index (Phi) is 4.64. The quantitative estimate of drug-likeness (QED) is 0.494. The number of amides is 1. The summed E-state index contributed by atoms with van der Waals surface area (Å²) >= 11 is 0. The van der Waals surface area contributed by atoms with E-state index in [2.05, 4.69) is 0 Å². The van der Waals surface area contributed by atoms with Gasteiger partial charge in [-0.2, -0.15) is 0 Å². The Morgan fingerprint density at radius 3 is 2.57 bits per heavy atom. The standard InChI is InChI=1S/C14H17N3O4/c15-14(19)11-2-1-7-16(8-11)9-13(18)10-3-5-12(6-4-10)17(20)21/h3-6,11H,1-2,7-9H2,(H2,15,19). The van der Waals surface area contributed by atoms with Crippen LogP contribution in [0.5, 0.6) is 0 Å². The molecule has 2 rings (SSSR count). The third kappa shape index (κ3) is 3.85. The van der Waals surface area contributed by atoms with Crippen LogP contribution in [0.3, 0.4) is 0 Å². The maximum atomic E-state index is 12.1. The van der Waals surface area contributed by atoms with Gasteiger partial charge in [0, 0.05) is 24.2 Å². The number of hydrogen-bond donors (Lipinski definition) is 1. The number of hydrogen-bond acceptors (Lipinski definition) is 5. The third-order valence-electron chi connectivity index (χ3n) is 3.68. The van der Waals surface area contributed by atoms with E-state index in [1.54, 1.807) is 0 Å². The van der Waals surface area contributed by atoms with Crippen LogP contribution in [0, 0.1) is 16.0 Å². The lowest BCUT2D eigenvalue weighted by Crippen LogP contribution is -2.43. The second-order valence-corrected chi connectivity index (χ2v) is 5.20. The number of benzene rings is 1. The van der Waals surface area contributed by atoms with Crippen LogP contribution in [0.25, 0.3) is 0 Å². The number of non-ortho nitro benzene ring substituents is 1. The average molecular weight is 291 g/mol. The van der Waals surface area contributed by atoms with Crippen LogP contribution < -0.4 is 5.73 Å². The zero-order valence-electron chi connectivity index (χ0n) is 11.5. The predicted molar refractivity (Wildman–Crippen MR) is 75.8 cm³/mol. The molecule has 1 aromatic carbocycles. The highest BCUT2D eigenvalue weighted by Crippen LogP contribution is 2.17. The van der Waals surface area contributed by atoms with Crippen molar-refractivity contribution >= 4 is 17.4 Å². The molecular weight excluding hydrogens is 274 g/mol. The molecule has 2 N–H and O–H groups in total. The lowest BCUT2D eigenvalue weighted by molar-refractivity contribution is -0.384. The minimum absolute atomic E-state index is 0.0432. The van der Waals surface area contributed by atoms with Crippen molar-refractivity contribution in [3.05, 3.63) is 39.9 Å². The number of likely N-dealkylation sites (tertiary alicyclic amines) is 1. The van der Waals surface area contributed by atoms with Crippen LogP contribution in [0.4, 0.5) is 5.69 Å². The van der Waals surface area contributed by atoms with Crippen molar-refractivity contribution in [2.45, 2.75) is 12.8 Å². The molecule has 0 aliphatic carbocycles. The van der Waals surface area contributed by atoms with Crippen molar-refractivity contribution in [2.75, 3.05) is 19.6 Å². The summed E-state index contributed by atoms with van der Waals surface area (Å²) in [6, 6.07) is 5.54. The summed E-state index contributed by atoms with van der Waals surface area (Å²) in [5.74, 6) is -0.652. The molecule has 0 spiro atoms. The van der Waals surface area contributed by atoms with Gasteiger partial charge >= 0.3 is 0 Å². The molecule has 1 amide bonds. The average Bonchev–Trinajstić information content (AvgIpc) is 2.47. The van der Waals surface area contributed by atoms with Gasteiger partial charge in [0.05, 0.1) is 17.4 Å². The van der Waals surface area contributed by atoms with Crippen molar-refractivity contribution < 1.29 is 14.5 Å². The van der Waals surface area contributed by atoms with Crippen molar-refractivity contribution in [3.8, 4) is 0 Å². The number of primary amides is 1. The number of piperidine rings is 1. The highest BCUT2D eigenvalue weighted by atomic mass is 16.6. The fourth-order valence-electron chi connectivity index (χ4n) is 2.49. The van der Waals surface area contributed by atoms with Gasteiger partial charge in [-0.25, -0.2) is 0 Å². The number of nitro groups is 1. The van der Waals surface area contributed by atoms with Gasteiger partial charge in [0.25, 0.3) is 5.69 Å². The van der Waals surface area contributed by atoms with Gasteiger partial charge in [0.15, 0.2) is 5.78 Å². The van der Waals surface area contributed by atoms with E-state index >= 15 is 0 Å². The lowest BCUT2D eigenvalue weighted by Gasteiger charge is -2.30. The summed E-state index contributed by atoms with van der Waals surface area (Å²) < 4.78 is 0. The second-order valence-electron chi connectivity index (χ2n) is 5.20. The van der Waals surface area contributed by atoms with Gasteiger partial charge in [-0.1, -0.05) is 0 Å². The van der Waals surface area contributed by atoms with Gasteiger partial charge in [0.1, 0.15) is 0 Å². The molecule has 1 aliphatic heterocycles. The lowest BCUT2D eigenvalue weighted by atomic mass is 9.97. The fourth-order valence-corrected chi connectivity index (χ4v) is 2.49. The van der Waals surface area contributed by atoms with Crippen LogP contribution in [-0.2, 0) is 4.79 Å². The molecule has 112 valence electrons. The number of rotatable bonds is 5. The zero-order valence-corrected chi connectivity index (χ0v) is 11.5. The molecule has 1 aromatic rings. The van der Waals surface area contributed by atoms with Crippen LogP contribution >= 0.6 is 0 Å². The first-order valence-corrected chi connectivity index (χ1v) is 6.76. The highest BCUT2D eigenvalue weighted by Gasteiger charge is 2.25. The third-order valence-corrected chi connectivity index (χ3v) is 3.68. The molecule has 1 unspecified atom stereocenters. The minimum Gasteiger partial charge on any atom is -0.369 e. The topological polar surface area (TPSA) is 107 Å². The fraction of sp³-hybridized carbons (Fsp3) is 0.429. The van der Waals surface area contributed by atoms with Crippen molar-refractivity contribution in [3.63, 3.8) is 0 Å². The number of nitrogens with zero attached hydrogens (tertiary/aromatic N) is 2. The Bertz CT molecular complexity index is 556. The van der Waals surface area contributed by atoms with Gasteiger partial charge in [-0.05, 0) is 31.5 Å². The Morgan fingerprint density at radius 2 is 2.00 bits per heavy atom. The number of nitrogens with two attached hydrogens (primary N) is 1. The smallest absolute Gasteiger partial charge is 0.269 e. The predicted octanol–water partition coefficient (Wildman–Crippen LogP) is 0.975. The van der Waals surface area contributed by atoms with Gasteiger partial charge in [-0.3, -0.25) is 24.6 Å². The Balaban J connectivity index is 1.97. The van der Waals surface area contributed by atoms with Crippen LogP contribution in [0.2, 0.25) is 0 Å². The normalized spacial score (nSPS) is 19.1. The summed E-state index contributed by atoms with van der Waals surface area (Å²) in [6.45, 7) is 1.44. The first kappa shape index (κ1) is 15.1. The Hall–Kier alpha value is -2.28. The molecule has 1 saturated heterocycles. The molecule has 21 heavy (non-hydrogen) atoms. The van der Waals surface area contributed by atoms with E-state index in [9.17, 15) is 19.7 Å². The number of ketones is 1. The molecule has 7 nitrogen and oxygen atoms in total. The van der Waals surface area contributed by atoms with Crippen molar-refractivity contribution in [1.29, 1.82) is 0 Å². The van der Waals surface area contributed by atoms with E-state index in [0.29, 0.717) is 12.1 Å². The number of carbonyl (C=O) groups is 2. The number of carbonyl (C=O) groups excluding carboxylic acids is 2. The summed E-state index contributed by atoms with van der Waals surface area (Å²) in [7, 11) is 0. The van der Waals surface area contributed by atoms with Crippen LogP contribution in [-0.4, -0.2) is 41.1 Å². The molecule has 1 fully saturated rings. The van der Waals surface area contributed by atoms with Crippen LogP contribution in [0.15, 0.2) is 24.3 Å². The van der Waals surface area contributed by atoms with E-state index in [-0.39, 0.29) is 29.8 Å². The van der Waals surface area contributed by atoms with E-state index in [4.69, 9.17) is 5.73 Å². The molecule has 1 aliphatic rings. The minimum atomic E-state index is -0.504.